The number of pyridine rings is 1. The van der Waals surface area contributed by atoms with Gasteiger partial charge in [0.15, 0.2) is 0 Å². The molecule has 7 nitrogen and oxygen atoms in total. The Hall–Kier alpha value is -1.94. The fraction of sp³-hybridized carbons (Fsp3) is 0.400. The maximum absolute atomic E-state index is 12.7. The molecule has 0 unspecified atom stereocenters. The second kappa shape index (κ2) is 9.71. The van der Waals surface area contributed by atoms with Crippen LogP contribution < -0.4 is 5.32 Å². The molecule has 0 aliphatic carbocycles. The van der Waals surface area contributed by atoms with Gasteiger partial charge in [0.25, 0.3) is 5.91 Å². The van der Waals surface area contributed by atoms with Crippen molar-refractivity contribution >= 4 is 27.7 Å². The van der Waals surface area contributed by atoms with Crippen molar-refractivity contribution in [1.82, 2.24) is 14.6 Å². The van der Waals surface area contributed by atoms with Gasteiger partial charge in [-0.2, -0.15) is 4.31 Å². The van der Waals surface area contributed by atoms with Gasteiger partial charge in [-0.3, -0.25) is 4.79 Å². The third-order valence-electron chi connectivity index (χ3n) is 4.56. The molecule has 0 saturated carbocycles. The van der Waals surface area contributed by atoms with Crippen LogP contribution in [-0.4, -0.2) is 62.2 Å². The second-order valence-corrected chi connectivity index (χ2v) is 9.93. The molecule has 1 fully saturated rings. The standard InChI is InChI=1S/C20H25N3O4S2/c1-15-5-6-18(16(2)14-15)28-20-17(4-3-7-22-20)19(24)21-8-13-29(25,26)23-9-11-27-12-10-23/h3-7,14H,8-13H2,1-2H3,(H,21,24). The van der Waals surface area contributed by atoms with E-state index in [1.54, 1.807) is 18.3 Å². The highest BCUT2D eigenvalue weighted by Gasteiger charge is 2.24. The fourth-order valence-corrected chi connectivity index (χ4v) is 5.28. The van der Waals surface area contributed by atoms with Gasteiger partial charge in [0, 0.05) is 30.7 Å². The number of hydrogen-bond donors (Lipinski definition) is 1. The number of nitrogens with one attached hydrogen (secondary N) is 1. The minimum absolute atomic E-state index is 0.0427. The van der Waals surface area contributed by atoms with Crippen LogP contribution in [0, 0.1) is 13.8 Å². The Morgan fingerprint density at radius 2 is 2.00 bits per heavy atom. The van der Waals surface area contributed by atoms with Crippen LogP contribution >= 0.6 is 11.8 Å². The number of amides is 1. The summed E-state index contributed by atoms with van der Waals surface area (Å²) in [7, 11) is -3.41. The van der Waals surface area contributed by atoms with Gasteiger partial charge >= 0.3 is 0 Å². The van der Waals surface area contributed by atoms with Gasteiger partial charge in [-0.25, -0.2) is 13.4 Å². The number of carbonyl (C=O) groups excluding carboxylic acids is 1. The van der Waals surface area contributed by atoms with Crippen LogP contribution in [0.5, 0.6) is 0 Å². The molecule has 1 amide bonds. The SMILES string of the molecule is Cc1ccc(Sc2ncccc2C(=O)NCCS(=O)(=O)N2CCOCC2)c(C)c1. The number of morpholine rings is 1. The van der Waals surface area contributed by atoms with E-state index in [9.17, 15) is 13.2 Å². The van der Waals surface area contributed by atoms with Gasteiger partial charge < -0.3 is 10.1 Å². The van der Waals surface area contributed by atoms with Crippen molar-refractivity contribution in [2.45, 2.75) is 23.8 Å². The van der Waals surface area contributed by atoms with E-state index in [4.69, 9.17) is 4.74 Å². The van der Waals surface area contributed by atoms with Gasteiger partial charge in [-0.15, -0.1) is 0 Å². The summed E-state index contributed by atoms with van der Waals surface area (Å²) < 4.78 is 31.4. The number of nitrogens with zero attached hydrogens (tertiary/aromatic N) is 2. The first-order valence-electron chi connectivity index (χ1n) is 9.41. The van der Waals surface area contributed by atoms with Crippen LogP contribution in [-0.2, 0) is 14.8 Å². The van der Waals surface area contributed by atoms with E-state index in [-0.39, 0.29) is 18.2 Å². The zero-order valence-corrected chi connectivity index (χ0v) is 18.2. The van der Waals surface area contributed by atoms with E-state index in [2.05, 4.69) is 16.4 Å². The molecule has 29 heavy (non-hydrogen) atoms. The van der Waals surface area contributed by atoms with Crippen LogP contribution in [0.15, 0.2) is 46.5 Å². The highest BCUT2D eigenvalue weighted by Crippen LogP contribution is 2.31. The van der Waals surface area contributed by atoms with Crippen molar-refractivity contribution in [3.63, 3.8) is 0 Å². The molecule has 2 heterocycles. The van der Waals surface area contributed by atoms with E-state index in [1.165, 1.54) is 21.6 Å². The van der Waals surface area contributed by atoms with E-state index in [1.807, 2.05) is 26.0 Å². The molecule has 9 heteroatoms. The molecular formula is C20H25N3O4S2. The lowest BCUT2D eigenvalue weighted by Crippen LogP contribution is -2.43. The maximum Gasteiger partial charge on any atom is 0.254 e. The summed E-state index contributed by atoms with van der Waals surface area (Å²) in [6, 6.07) is 9.52. The van der Waals surface area contributed by atoms with Crippen molar-refractivity contribution in [2.24, 2.45) is 0 Å². The number of rotatable bonds is 7. The van der Waals surface area contributed by atoms with Crippen molar-refractivity contribution in [3.8, 4) is 0 Å². The molecule has 0 bridgehead atoms. The van der Waals surface area contributed by atoms with Gasteiger partial charge in [-0.1, -0.05) is 29.5 Å². The minimum Gasteiger partial charge on any atom is -0.379 e. The van der Waals surface area contributed by atoms with Crippen LogP contribution in [0.25, 0.3) is 0 Å². The molecule has 1 N–H and O–H groups in total. The molecule has 1 aliphatic rings. The van der Waals surface area contributed by atoms with Crippen LogP contribution in [0.3, 0.4) is 0 Å². The molecule has 1 aromatic carbocycles. The molecule has 1 aliphatic heterocycles. The number of aryl methyl sites for hydroxylation is 2. The monoisotopic (exact) mass is 435 g/mol. The number of carbonyl (C=O) groups is 1. The second-order valence-electron chi connectivity index (χ2n) is 6.81. The summed E-state index contributed by atoms with van der Waals surface area (Å²) in [5.74, 6) is -0.471. The number of aromatic nitrogens is 1. The first-order valence-corrected chi connectivity index (χ1v) is 11.8. The maximum atomic E-state index is 12.7. The minimum atomic E-state index is -3.41. The Morgan fingerprint density at radius 1 is 1.24 bits per heavy atom. The predicted octanol–water partition coefficient (Wildman–Crippen LogP) is 2.24. The van der Waals surface area contributed by atoms with E-state index < -0.39 is 10.0 Å². The number of sulfonamides is 1. The molecule has 0 spiro atoms. The van der Waals surface area contributed by atoms with E-state index in [0.717, 1.165) is 10.5 Å². The number of ether oxygens (including phenoxy) is 1. The molecule has 0 radical (unpaired) electrons. The largest absolute Gasteiger partial charge is 0.379 e. The molecular weight excluding hydrogens is 410 g/mol. The smallest absolute Gasteiger partial charge is 0.254 e. The van der Waals surface area contributed by atoms with Crippen molar-refractivity contribution in [3.05, 3.63) is 53.2 Å². The van der Waals surface area contributed by atoms with E-state index >= 15 is 0 Å². The third kappa shape index (κ3) is 5.79. The summed E-state index contributed by atoms with van der Waals surface area (Å²) in [6.45, 7) is 5.62. The van der Waals surface area contributed by atoms with Gasteiger partial charge in [0.2, 0.25) is 10.0 Å². The average molecular weight is 436 g/mol. The summed E-state index contributed by atoms with van der Waals surface area (Å²) in [5.41, 5.74) is 2.72. The highest BCUT2D eigenvalue weighted by atomic mass is 32.2. The highest BCUT2D eigenvalue weighted by molar-refractivity contribution is 7.99. The topological polar surface area (TPSA) is 88.6 Å². The Kier molecular flexibility index (Phi) is 7.28. The summed E-state index contributed by atoms with van der Waals surface area (Å²) in [5, 5.41) is 3.31. The summed E-state index contributed by atoms with van der Waals surface area (Å²) in [6.07, 6.45) is 1.64. The van der Waals surface area contributed by atoms with Crippen LogP contribution in [0.2, 0.25) is 0 Å². The average Bonchev–Trinajstić information content (AvgIpc) is 2.71. The zero-order chi connectivity index (χ0) is 20.9. The third-order valence-corrected chi connectivity index (χ3v) is 7.63. The van der Waals surface area contributed by atoms with Crippen LogP contribution in [0.1, 0.15) is 21.5 Å². The van der Waals surface area contributed by atoms with Gasteiger partial charge in [0.05, 0.1) is 24.5 Å². The van der Waals surface area contributed by atoms with Crippen molar-refractivity contribution < 1.29 is 17.9 Å². The van der Waals surface area contributed by atoms with Crippen molar-refractivity contribution in [1.29, 1.82) is 0 Å². The quantitative estimate of drug-likeness (QED) is 0.718. The first-order chi connectivity index (χ1) is 13.9. The van der Waals surface area contributed by atoms with Crippen molar-refractivity contribution in [2.75, 3.05) is 38.6 Å². The molecule has 1 saturated heterocycles. The molecule has 156 valence electrons. The van der Waals surface area contributed by atoms with Gasteiger partial charge in [-0.05, 0) is 37.6 Å². The Bertz CT molecular complexity index is 973. The number of benzene rings is 1. The molecule has 0 atom stereocenters. The van der Waals surface area contributed by atoms with Crippen LogP contribution in [0.4, 0.5) is 0 Å². The first kappa shape index (κ1) is 21.8. The lowest BCUT2D eigenvalue weighted by atomic mass is 10.2. The molecule has 3 rings (SSSR count). The molecule has 1 aromatic heterocycles. The predicted molar refractivity (Wildman–Crippen MR) is 113 cm³/mol. The van der Waals surface area contributed by atoms with Gasteiger partial charge in [0.1, 0.15) is 5.03 Å². The van der Waals surface area contributed by atoms with E-state index in [0.29, 0.717) is 36.9 Å². The summed E-state index contributed by atoms with van der Waals surface area (Å²) in [4.78, 5) is 18.0. The Morgan fingerprint density at radius 3 is 2.72 bits per heavy atom. The fourth-order valence-electron chi connectivity index (χ4n) is 3.01. The Labute approximate surface area is 175 Å². The Balaban J connectivity index is 1.64. The normalized spacial score (nSPS) is 15.2. The lowest BCUT2D eigenvalue weighted by molar-refractivity contribution is 0.0730. The summed E-state index contributed by atoms with van der Waals surface area (Å²) >= 11 is 1.43. The number of hydrogen-bond acceptors (Lipinski definition) is 6. The zero-order valence-electron chi connectivity index (χ0n) is 16.6. The lowest BCUT2D eigenvalue weighted by Gasteiger charge is -2.26. The molecule has 2 aromatic rings.